The van der Waals surface area contributed by atoms with Gasteiger partial charge >= 0.3 is 18.2 Å². The normalized spacial score (nSPS) is 15.0. The lowest BCUT2D eigenvalue weighted by Crippen LogP contribution is -2.47. The number of guanidine groups is 1. The van der Waals surface area contributed by atoms with E-state index in [0.717, 1.165) is 33.4 Å². The molecule has 1 fully saturated rings. The van der Waals surface area contributed by atoms with Gasteiger partial charge in [0.1, 0.15) is 23.0 Å². The third-order valence-corrected chi connectivity index (χ3v) is 9.25. The van der Waals surface area contributed by atoms with Crippen LogP contribution in [0.1, 0.15) is 57.4 Å². The van der Waals surface area contributed by atoms with Gasteiger partial charge in [-0.1, -0.05) is 121 Å². The van der Waals surface area contributed by atoms with Gasteiger partial charge in [-0.3, -0.25) is 16.0 Å². The lowest BCUT2D eigenvalue weighted by Gasteiger charge is -2.27. The molecule has 3 N–H and O–H groups in total. The number of aliphatic imine (C=N–C) groups is 1. The Morgan fingerprint density at radius 3 is 1.53 bits per heavy atom. The molecule has 0 aromatic heterocycles. The molecule has 2 amide bonds. The van der Waals surface area contributed by atoms with Crippen molar-refractivity contribution in [2.24, 2.45) is 4.99 Å². The van der Waals surface area contributed by atoms with Gasteiger partial charge in [-0.25, -0.2) is 19.4 Å². The average Bonchev–Trinajstić information content (AvgIpc) is 3.18. The summed E-state index contributed by atoms with van der Waals surface area (Å²) in [6.45, 7) is 9.31. The van der Waals surface area contributed by atoms with E-state index in [0.29, 0.717) is 23.6 Å². The number of nitrogens with zero attached hydrogens (tertiary/aromatic N) is 1. The number of ether oxygens (including phenoxy) is 3. The summed E-state index contributed by atoms with van der Waals surface area (Å²) in [6.07, 6.45) is 0.0390. The van der Waals surface area contributed by atoms with Crippen molar-refractivity contribution >= 4 is 29.8 Å². The highest BCUT2D eigenvalue weighted by atomic mass is 16.6. The second-order valence-corrected chi connectivity index (χ2v) is 14.0. The molecular formula is C45H44N4O6. The Balaban J connectivity index is 1.18. The first-order valence-corrected chi connectivity index (χ1v) is 18.0. The second kappa shape index (κ2) is 16.7. The molecule has 0 aliphatic carbocycles. The van der Waals surface area contributed by atoms with Gasteiger partial charge in [0.2, 0.25) is 5.96 Å². The molecular weight excluding hydrogens is 693 g/mol. The molecule has 0 radical (unpaired) electrons. The van der Waals surface area contributed by atoms with Crippen molar-refractivity contribution in [3.63, 3.8) is 0 Å². The van der Waals surface area contributed by atoms with Gasteiger partial charge in [0, 0.05) is 0 Å². The van der Waals surface area contributed by atoms with Crippen LogP contribution in [0.3, 0.4) is 0 Å². The lowest BCUT2D eigenvalue weighted by atomic mass is 9.95. The fourth-order valence-electron chi connectivity index (χ4n) is 6.10. The van der Waals surface area contributed by atoms with Gasteiger partial charge in [0.05, 0.1) is 12.2 Å². The number of alkyl carbamates (subject to hydrolysis) is 2. The zero-order valence-corrected chi connectivity index (χ0v) is 31.5. The van der Waals surface area contributed by atoms with E-state index in [9.17, 15) is 14.4 Å². The quantitative estimate of drug-likeness (QED) is 0.0627. The highest BCUT2D eigenvalue weighted by Gasteiger charge is 2.30. The molecule has 0 spiro atoms. The highest BCUT2D eigenvalue weighted by molar-refractivity contribution is 6.02. The molecule has 1 aliphatic rings. The van der Waals surface area contributed by atoms with E-state index < -0.39 is 35.4 Å². The van der Waals surface area contributed by atoms with Crippen LogP contribution in [0.4, 0.5) is 15.3 Å². The number of hydrogen-bond donors (Lipinski definition) is 3. The Morgan fingerprint density at radius 1 is 0.673 bits per heavy atom. The average molecular weight is 737 g/mol. The van der Waals surface area contributed by atoms with Crippen molar-refractivity contribution in [2.75, 3.05) is 6.54 Å². The van der Waals surface area contributed by atoms with Crippen LogP contribution >= 0.6 is 0 Å². The van der Waals surface area contributed by atoms with Gasteiger partial charge in [0.15, 0.2) is 0 Å². The van der Waals surface area contributed by atoms with E-state index in [2.05, 4.69) is 20.9 Å². The molecule has 10 heteroatoms. The van der Waals surface area contributed by atoms with Crippen molar-refractivity contribution in [1.82, 2.24) is 16.0 Å². The molecule has 1 atom stereocenters. The number of esters is 1. The molecule has 1 aliphatic heterocycles. The zero-order chi connectivity index (χ0) is 39.0. The Morgan fingerprint density at radius 2 is 1.11 bits per heavy atom. The van der Waals surface area contributed by atoms with Crippen LogP contribution in [0, 0.1) is 0 Å². The standard InChI is InChI=1S/C45H44N4O6/c1-6-38-29-46-39(40(50)53-38)34-21-27-37(28-22-34)47-41(48-42(51)54-44(2,3)35-23-17-32(18-24-35)30-13-9-7-10-14-30)49-43(52)55-45(4,5)36-25-19-33(20-26-36)31-15-11-8-12-16-31/h6-28,39,46H,29H2,1-5H3,(H2,47,48,49,51,52)/b38-6+. The highest BCUT2D eigenvalue weighted by Crippen LogP contribution is 2.30. The third kappa shape index (κ3) is 9.73. The number of morpholine rings is 1. The fraction of sp³-hybridized carbons (Fsp3) is 0.200. The van der Waals surface area contributed by atoms with Crippen molar-refractivity contribution in [3.8, 4) is 22.3 Å². The maximum atomic E-state index is 13.4. The summed E-state index contributed by atoms with van der Waals surface area (Å²) in [7, 11) is 0. The summed E-state index contributed by atoms with van der Waals surface area (Å²) in [5.74, 6) is -0.0799. The molecule has 10 nitrogen and oxygen atoms in total. The minimum absolute atomic E-state index is 0.221. The third-order valence-electron chi connectivity index (χ3n) is 9.25. The maximum absolute atomic E-state index is 13.4. The molecule has 0 saturated carbocycles. The van der Waals surface area contributed by atoms with Crippen LogP contribution < -0.4 is 16.0 Å². The number of carbonyl (C=O) groups excluding carboxylic acids is 3. The van der Waals surface area contributed by atoms with E-state index >= 15 is 0 Å². The van der Waals surface area contributed by atoms with Crippen LogP contribution in [0.5, 0.6) is 0 Å². The maximum Gasteiger partial charge on any atom is 0.414 e. The number of benzene rings is 5. The van der Waals surface area contributed by atoms with Crippen LogP contribution in [0.15, 0.2) is 150 Å². The number of nitrogens with one attached hydrogen (secondary N) is 3. The predicted octanol–water partition coefficient (Wildman–Crippen LogP) is 9.42. The molecule has 55 heavy (non-hydrogen) atoms. The molecule has 1 saturated heterocycles. The van der Waals surface area contributed by atoms with Gasteiger partial charge in [-0.2, -0.15) is 0 Å². The fourth-order valence-corrected chi connectivity index (χ4v) is 6.10. The van der Waals surface area contributed by atoms with Gasteiger partial charge < -0.3 is 14.2 Å². The first-order chi connectivity index (χ1) is 26.4. The van der Waals surface area contributed by atoms with Crippen LogP contribution in [-0.4, -0.2) is 30.7 Å². The van der Waals surface area contributed by atoms with E-state index in [1.807, 2.05) is 109 Å². The number of cyclic esters (lactones) is 1. The SMILES string of the molecule is C/C=C1\CNC(c2ccc(N=C(NC(=O)OC(C)(C)c3ccc(-c4ccccc4)cc3)NC(=O)OC(C)(C)c3ccc(-c4ccccc4)cc3)cc2)C(=O)O1. The summed E-state index contributed by atoms with van der Waals surface area (Å²) in [6, 6.07) is 41.6. The van der Waals surface area contributed by atoms with Crippen LogP contribution in [-0.2, 0) is 30.2 Å². The molecule has 1 unspecified atom stereocenters. The van der Waals surface area contributed by atoms with E-state index in [4.69, 9.17) is 14.2 Å². The number of hydrogen-bond acceptors (Lipinski definition) is 8. The van der Waals surface area contributed by atoms with Crippen LogP contribution in [0.2, 0.25) is 0 Å². The Kier molecular flexibility index (Phi) is 11.6. The molecule has 5 aromatic carbocycles. The smallest absolute Gasteiger partial charge is 0.414 e. The monoisotopic (exact) mass is 736 g/mol. The summed E-state index contributed by atoms with van der Waals surface area (Å²) in [5, 5.41) is 8.35. The Hall–Kier alpha value is -6.52. The van der Waals surface area contributed by atoms with Gasteiger partial charge in [-0.05, 0) is 91.8 Å². The number of allylic oxidation sites excluding steroid dienone is 1. The Labute approximate surface area is 321 Å². The largest absolute Gasteiger partial charge is 0.438 e. The molecule has 5 aromatic rings. The molecule has 0 bridgehead atoms. The van der Waals surface area contributed by atoms with Crippen molar-refractivity contribution in [3.05, 3.63) is 162 Å². The first-order valence-electron chi connectivity index (χ1n) is 18.0. The summed E-state index contributed by atoms with van der Waals surface area (Å²) in [4.78, 5) is 44.0. The van der Waals surface area contributed by atoms with E-state index in [1.165, 1.54) is 0 Å². The lowest BCUT2D eigenvalue weighted by molar-refractivity contribution is -0.144. The molecule has 6 rings (SSSR count). The minimum atomic E-state index is -1.05. The summed E-state index contributed by atoms with van der Waals surface area (Å²) >= 11 is 0. The van der Waals surface area contributed by atoms with Gasteiger partial charge in [0.25, 0.3) is 0 Å². The first kappa shape index (κ1) is 38.2. The summed E-state index contributed by atoms with van der Waals surface area (Å²) < 4.78 is 17.1. The number of carbonyl (C=O) groups is 3. The summed E-state index contributed by atoms with van der Waals surface area (Å²) in [5.41, 5.74) is 4.68. The van der Waals surface area contributed by atoms with Crippen molar-refractivity contribution in [2.45, 2.75) is 51.9 Å². The predicted molar refractivity (Wildman–Crippen MR) is 213 cm³/mol. The number of amides is 2. The zero-order valence-electron chi connectivity index (χ0n) is 31.5. The minimum Gasteiger partial charge on any atom is -0.438 e. The molecule has 280 valence electrons. The topological polar surface area (TPSA) is 127 Å². The van der Waals surface area contributed by atoms with Crippen molar-refractivity contribution in [1.29, 1.82) is 0 Å². The van der Waals surface area contributed by atoms with Gasteiger partial charge in [-0.15, -0.1) is 0 Å². The van der Waals surface area contributed by atoms with Crippen LogP contribution in [0.25, 0.3) is 22.3 Å². The van der Waals surface area contributed by atoms with E-state index in [1.54, 1.807) is 65.0 Å². The molecule has 1 heterocycles. The number of rotatable bonds is 8. The van der Waals surface area contributed by atoms with E-state index in [-0.39, 0.29) is 5.96 Å². The Bertz CT molecular complexity index is 2070. The van der Waals surface area contributed by atoms with Crippen molar-refractivity contribution < 1.29 is 28.6 Å². The second-order valence-electron chi connectivity index (χ2n) is 14.0.